The molecule has 0 aliphatic heterocycles. The van der Waals surface area contributed by atoms with Crippen molar-refractivity contribution < 1.29 is 5.11 Å². The van der Waals surface area contributed by atoms with Gasteiger partial charge in [0.2, 0.25) is 0 Å². The Kier molecular flexibility index (Phi) is 4.69. The molecule has 1 aromatic rings. The van der Waals surface area contributed by atoms with Gasteiger partial charge in [0.15, 0.2) is 0 Å². The molecule has 1 aromatic heterocycles. The van der Waals surface area contributed by atoms with E-state index in [2.05, 4.69) is 36.8 Å². The molecule has 1 atom stereocenters. The van der Waals surface area contributed by atoms with E-state index in [1.807, 2.05) is 19.2 Å². The normalized spacial score (nSPS) is 20.6. The minimum Gasteiger partial charge on any atom is -0.387 e. The van der Waals surface area contributed by atoms with Crippen LogP contribution in [0.1, 0.15) is 64.7 Å². The van der Waals surface area contributed by atoms with Crippen LogP contribution in [-0.2, 0) is 0 Å². The first-order chi connectivity index (χ1) is 9.43. The molecule has 2 rings (SSSR count). The molecular formula is C17H28N2O. The van der Waals surface area contributed by atoms with Crippen molar-refractivity contribution in [2.75, 3.05) is 11.9 Å². The Labute approximate surface area is 123 Å². The second-order valence-corrected chi connectivity index (χ2v) is 6.87. The van der Waals surface area contributed by atoms with Crippen LogP contribution in [0.5, 0.6) is 0 Å². The molecule has 0 saturated heterocycles. The Morgan fingerprint density at radius 3 is 2.50 bits per heavy atom. The number of nitrogens with zero attached hydrogens (tertiary/aromatic N) is 2. The molecule has 0 unspecified atom stereocenters. The minimum absolute atomic E-state index is 0.440. The summed E-state index contributed by atoms with van der Waals surface area (Å²) in [6.45, 7) is 6.70. The van der Waals surface area contributed by atoms with Gasteiger partial charge in [-0.3, -0.25) is 4.98 Å². The lowest BCUT2D eigenvalue weighted by molar-refractivity contribution is 0.169. The van der Waals surface area contributed by atoms with Gasteiger partial charge >= 0.3 is 0 Å². The molecule has 112 valence electrons. The van der Waals surface area contributed by atoms with Crippen molar-refractivity contribution in [3.8, 4) is 0 Å². The lowest BCUT2D eigenvalue weighted by Crippen LogP contribution is -2.37. The van der Waals surface area contributed by atoms with Crippen LogP contribution < -0.4 is 4.90 Å². The number of hydrogen-bond acceptors (Lipinski definition) is 3. The highest BCUT2D eigenvalue weighted by atomic mass is 16.3. The number of aliphatic hydroxyl groups excluding tert-OH is 1. The van der Waals surface area contributed by atoms with Crippen LogP contribution in [0.2, 0.25) is 0 Å². The van der Waals surface area contributed by atoms with Crippen LogP contribution in [0.4, 0.5) is 5.69 Å². The molecule has 0 radical (unpaired) electrons. The largest absolute Gasteiger partial charge is 0.387 e. The molecule has 1 aliphatic rings. The second kappa shape index (κ2) is 6.13. The Bertz CT molecular complexity index is 417. The smallest absolute Gasteiger partial charge is 0.0957 e. The fourth-order valence-electron chi connectivity index (χ4n) is 2.99. The number of anilines is 1. The average Bonchev–Trinajstić information content (AvgIpc) is 2.46. The molecule has 0 amide bonds. The van der Waals surface area contributed by atoms with Gasteiger partial charge < -0.3 is 10.0 Å². The van der Waals surface area contributed by atoms with E-state index in [0.29, 0.717) is 17.9 Å². The zero-order valence-corrected chi connectivity index (χ0v) is 13.3. The van der Waals surface area contributed by atoms with Crippen molar-refractivity contribution in [2.45, 2.75) is 65.0 Å². The Balaban J connectivity index is 2.01. The molecule has 0 bridgehead atoms. The molecule has 20 heavy (non-hydrogen) atoms. The Hall–Kier alpha value is -1.09. The average molecular weight is 276 g/mol. The number of aromatic nitrogens is 1. The van der Waals surface area contributed by atoms with E-state index in [1.54, 1.807) is 0 Å². The highest BCUT2D eigenvalue weighted by molar-refractivity contribution is 5.45. The predicted octanol–water partition coefficient (Wildman–Crippen LogP) is 3.93. The van der Waals surface area contributed by atoms with Crippen LogP contribution in [0, 0.1) is 5.41 Å². The number of aliphatic hydroxyl groups is 1. The van der Waals surface area contributed by atoms with Crippen molar-refractivity contribution in [3.05, 3.63) is 24.0 Å². The van der Waals surface area contributed by atoms with Crippen molar-refractivity contribution in [3.63, 3.8) is 0 Å². The number of rotatable bonds is 4. The molecule has 3 nitrogen and oxygen atoms in total. The van der Waals surface area contributed by atoms with Crippen LogP contribution >= 0.6 is 0 Å². The van der Waals surface area contributed by atoms with E-state index >= 15 is 0 Å². The summed E-state index contributed by atoms with van der Waals surface area (Å²) in [5.41, 5.74) is 2.43. The Morgan fingerprint density at radius 1 is 1.35 bits per heavy atom. The fraction of sp³-hybridized carbons (Fsp3) is 0.706. The zero-order chi connectivity index (χ0) is 14.8. The van der Waals surface area contributed by atoms with E-state index in [1.165, 1.54) is 25.7 Å². The standard InChI is InChI=1S/C17H28N2O/c1-5-16(20)15-7-6-14(12-18-15)19(4)13-8-10-17(2,3)11-9-13/h6-7,12-13,16,20H,5,8-11H2,1-4H3/t16-/m0/s1. The maximum absolute atomic E-state index is 9.79. The topological polar surface area (TPSA) is 36.4 Å². The highest BCUT2D eigenvalue weighted by Gasteiger charge is 2.29. The van der Waals surface area contributed by atoms with Crippen LogP contribution in [0.3, 0.4) is 0 Å². The van der Waals surface area contributed by atoms with E-state index < -0.39 is 6.10 Å². The van der Waals surface area contributed by atoms with Gasteiger partial charge in [-0.05, 0) is 49.7 Å². The molecule has 1 N–H and O–H groups in total. The van der Waals surface area contributed by atoms with E-state index in [-0.39, 0.29) is 0 Å². The summed E-state index contributed by atoms with van der Waals surface area (Å²) in [5, 5.41) is 9.79. The number of hydrogen-bond donors (Lipinski definition) is 1. The molecule has 1 heterocycles. The van der Waals surface area contributed by atoms with Crippen molar-refractivity contribution in [1.82, 2.24) is 4.98 Å². The minimum atomic E-state index is -0.440. The summed E-state index contributed by atoms with van der Waals surface area (Å²) in [6.07, 6.45) is 7.26. The highest BCUT2D eigenvalue weighted by Crippen LogP contribution is 2.37. The molecule has 0 aromatic carbocycles. The third kappa shape index (κ3) is 3.51. The van der Waals surface area contributed by atoms with Gasteiger partial charge in [-0.15, -0.1) is 0 Å². The zero-order valence-electron chi connectivity index (χ0n) is 13.3. The molecule has 3 heteroatoms. The molecule has 1 fully saturated rings. The maximum Gasteiger partial charge on any atom is 0.0957 e. The van der Waals surface area contributed by atoms with Crippen LogP contribution in [-0.4, -0.2) is 23.2 Å². The summed E-state index contributed by atoms with van der Waals surface area (Å²) >= 11 is 0. The first kappa shape index (κ1) is 15.3. The first-order valence-electron chi connectivity index (χ1n) is 7.80. The molecule has 1 aliphatic carbocycles. The van der Waals surface area contributed by atoms with E-state index in [0.717, 1.165) is 11.4 Å². The van der Waals surface area contributed by atoms with Gasteiger partial charge in [0.1, 0.15) is 0 Å². The molecular weight excluding hydrogens is 248 g/mol. The van der Waals surface area contributed by atoms with Gasteiger partial charge in [0.25, 0.3) is 0 Å². The monoisotopic (exact) mass is 276 g/mol. The van der Waals surface area contributed by atoms with Gasteiger partial charge in [-0.1, -0.05) is 20.8 Å². The predicted molar refractivity (Wildman–Crippen MR) is 83.9 cm³/mol. The van der Waals surface area contributed by atoms with Gasteiger partial charge in [-0.25, -0.2) is 0 Å². The lowest BCUT2D eigenvalue weighted by atomic mass is 9.75. The van der Waals surface area contributed by atoms with Crippen molar-refractivity contribution >= 4 is 5.69 Å². The second-order valence-electron chi connectivity index (χ2n) is 6.87. The first-order valence-corrected chi connectivity index (χ1v) is 7.80. The van der Waals surface area contributed by atoms with Gasteiger partial charge in [0, 0.05) is 13.1 Å². The fourth-order valence-corrected chi connectivity index (χ4v) is 2.99. The molecule has 0 spiro atoms. The van der Waals surface area contributed by atoms with Crippen molar-refractivity contribution in [2.24, 2.45) is 5.41 Å². The Morgan fingerprint density at radius 2 is 2.00 bits per heavy atom. The van der Waals surface area contributed by atoms with Gasteiger partial charge in [0.05, 0.1) is 23.7 Å². The SMILES string of the molecule is CC[C@H](O)c1ccc(N(C)C2CCC(C)(C)CC2)cn1. The summed E-state index contributed by atoms with van der Waals surface area (Å²) in [5.74, 6) is 0. The quantitative estimate of drug-likeness (QED) is 0.905. The summed E-state index contributed by atoms with van der Waals surface area (Å²) < 4.78 is 0. The third-order valence-corrected chi connectivity index (χ3v) is 4.76. The molecule has 1 saturated carbocycles. The summed E-state index contributed by atoms with van der Waals surface area (Å²) in [6, 6.07) is 4.65. The van der Waals surface area contributed by atoms with Gasteiger partial charge in [-0.2, -0.15) is 0 Å². The van der Waals surface area contributed by atoms with Crippen LogP contribution in [0.25, 0.3) is 0 Å². The van der Waals surface area contributed by atoms with Crippen molar-refractivity contribution in [1.29, 1.82) is 0 Å². The summed E-state index contributed by atoms with van der Waals surface area (Å²) in [4.78, 5) is 6.75. The van der Waals surface area contributed by atoms with E-state index in [9.17, 15) is 5.11 Å². The maximum atomic E-state index is 9.79. The summed E-state index contributed by atoms with van der Waals surface area (Å²) in [7, 11) is 2.16. The third-order valence-electron chi connectivity index (χ3n) is 4.76. The number of pyridine rings is 1. The lowest BCUT2D eigenvalue weighted by Gasteiger charge is -2.39. The van der Waals surface area contributed by atoms with E-state index in [4.69, 9.17) is 0 Å². The van der Waals surface area contributed by atoms with Crippen LogP contribution in [0.15, 0.2) is 18.3 Å².